The number of hydrogen-bond acceptors (Lipinski definition) is 0. The number of aryl methyl sites for hydroxylation is 1. The summed E-state index contributed by atoms with van der Waals surface area (Å²) in [6.45, 7) is 9.57. The van der Waals surface area contributed by atoms with Crippen LogP contribution in [0.5, 0.6) is 0 Å². The van der Waals surface area contributed by atoms with Gasteiger partial charge < -0.3 is 0 Å². The summed E-state index contributed by atoms with van der Waals surface area (Å²) in [5, 5.41) is 0. The summed E-state index contributed by atoms with van der Waals surface area (Å²) < 4.78 is 0. The minimum absolute atomic E-state index is 0.658. The van der Waals surface area contributed by atoms with Gasteiger partial charge in [-0.1, -0.05) is 52.3 Å². The summed E-state index contributed by atoms with van der Waals surface area (Å²) in [4.78, 5) is 0. The second-order valence-corrected chi connectivity index (χ2v) is 7.37. The van der Waals surface area contributed by atoms with Crippen LogP contribution in [0.15, 0.2) is 18.2 Å². The van der Waals surface area contributed by atoms with Crippen molar-refractivity contribution in [3.8, 4) is 0 Å². The van der Waals surface area contributed by atoms with Crippen molar-refractivity contribution in [2.45, 2.75) is 65.2 Å². The summed E-state index contributed by atoms with van der Waals surface area (Å²) in [5.41, 5.74) is 4.88. The molecule has 0 nitrogen and oxygen atoms in total. The Bertz CT molecular complexity index is 457. The third kappa shape index (κ3) is 2.24. The molecular formula is C19H28. The first kappa shape index (κ1) is 13.2. The average Bonchev–Trinajstić information content (AvgIpc) is 2.41. The van der Waals surface area contributed by atoms with Gasteiger partial charge in [-0.15, -0.1) is 0 Å². The maximum Gasteiger partial charge on any atom is -0.0103 e. The zero-order valence-electron chi connectivity index (χ0n) is 12.9. The molecule has 0 aliphatic heterocycles. The van der Waals surface area contributed by atoms with E-state index in [9.17, 15) is 0 Å². The second kappa shape index (κ2) is 4.96. The molecule has 0 amide bonds. The molecule has 0 heteroatoms. The molecular weight excluding hydrogens is 228 g/mol. The van der Waals surface area contributed by atoms with E-state index in [0.29, 0.717) is 5.92 Å². The van der Waals surface area contributed by atoms with E-state index < -0.39 is 0 Å². The highest BCUT2D eigenvalue weighted by Crippen LogP contribution is 2.50. The Morgan fingerprint density at radius 2 is 1.74 bits per heavy atom. The van der Waals surface area contributed by atoms with Crippen LogP contribution in [0.4, 0.5) is 0 Å². The maximum absolute atomic E-state index is 2.50. The van der Waals surface area contributed by atoms with Gasteiger partial charge in [0.25, 0.3) is 0 Å². The SMILES string of the molecule is CC(C)c1ccc2c(c1)CC[C@H]1C(C)CCC(C)[C@@H]21. The molecule has 0 aromatic heterocycles. The highest BCUT2D eigenvalue weighted by molar-refractivity contribution is 5.39. The smallest absolute Gasteiger partial charge is 0.0103 e. The predicted molar refractivity (Wildman–Crippen MR) is 82.6 cm³/mol. The van der Waals surface area contributed by atoms with Crippen LogP contribution in [0.2, 0.25) is 0 Å². The summed E-state index contributed by atoms with van der Waals surface area (Å²) in [7, 11) is 0. The molecule has 3 rings (SSSR count). The molecule has 19 heavy (non-hydrogen) atoms. The predicted octanol–water partition coefficient (Wildman–Crippen LogP) is 5.52. The second-order valence-electron chi connectivity index (χ2n) is 7.37. The molecule has 0 radical (unpaired) electrons. The fourth-order valence-corrected chi connectivity index (χ4v) is 4.55. The van der Waals surface area contributed by atoms with E-state index in [0.717, 1.165) is 23.7 Å². The Balaban J connectivity index is 1.99. The molecule has 0 N–H and O–H groups in total. The number of hydrogen-bond donors (Lipinski definition) is 0. The van der Waals surface area contributed by atoms with E-state index >= 15 is 0 Å². The quantitative estimate of drug-likeness (QED) is 0.620. The van der Waals surface area contributed by atoms with E-state index in [-0.39, 0.29) is 0 Å². The summed E-state index contributed by atoms with van der Waals surface area (Å²) in [5.74, 6) is 4.25. The number of fused-ring (bicyclic) bond motifs is 3. The Kier molecular flexibility index (Phi) is 3.45. The monoisotopic (exact) mass is 256 g/mol. The fourth-order valence-electron chi connectivity index (χ4n) is 4.55. The molecule has 2 aliphatic rings. The van der Waals surface area contributed by atoms with Gasteiger partial charge in [-0.25, -0.2) is 0 Å². The van der Waals surface area contributed by atoms with Gasteiger partial charge in [-0.3, -0.25) is 0 Å². The molecule has 4 atom stereocenters. The van der Waals surface area contributed by atoms with Gasteiger partial charge in [0.15, 0.2) is 0 Å². The lowest BCUT2D eigenvalue weighted by atomic mass is 9.60. The van der Waals surface area contributed by atoms with E-state index in [1.807, 2.05) is 0 Å². The molecule has 0 saturated heterocycles. The molecule has 1 saturated carbocycles. The zero-order chi connectivity index (χ0) is 13.6. The largest absolute Gasteiger partial charge is 0.0622 e. The topological polar surface area (TPSA) is 0 Å². The molecule has 0 heterocycles. The Hall–Kier alpha value is -0.780. The normalized spacial score (nSPS) is 33.9. The minimum atomic E-state index is 0.658. The van der Waals surface area contributed by atoms with Crippen LogP contribution >= 0.6 is 0 Å². The first-order valence-electron chi connectivity index (χ1n) is 8.20. The van der Waals surface area contributed by atoms with Crippen LogP contribution in [-0.4, -0.2) is 0 Å². The average molecular weight is 256 g/mol. The van der Waals surface area contributed by atoms with Crippen LogP contribution in [0.25, 0.3) is 0 Å². The molecule has 1 aromatic rings. The lowest BCUT2D eigenvalue weighted by Crippen LogP contribution is -2.34. The van der Waals surface area contributed by atoms with Crippen LogP contribution in [0.3, 0.4) is 0 Å². The van der Waals surface area contributed by atoms with Crippen LogP contribution in [-0.2, 0) is 6.42 Å². The molecule has 1 fully saturated rings. The lowest BCUT2D eigenvalue weighted by Gasteiger charge is -2.45. The summed E-state index contributed by atoms with van der Waals surface area (Å²) in [6.07, 6.45) is 5.61. The van der Waals surface area contributed by atoms with Crippen molar-refractivity contribution < 1.29 is 0 Å². The standard InChI is InChI=1S/C19H28/c1-12(2)15-7-10-18-16(11-15)8-9-17-13(3)5-6-14(4)19(17)18/h7,10-14,17,19H,5-6,8-9H2,1-4H3/t13?,14?,17-,19+/m0/s1. The van der Waals surface area contributed by atoms with Gasteiger partial charge in [0, 0.05) is 0 Å². The van der Waals surface area contributed by atoms with Gasteiger partial charge in [0.1, 0.15) is 0 Å². The van der Waals surface area contributed by atoms with Gasteiger partial charge in [-0.2, -0.15) is 0 Å². The molecule has 2 aliphatic carbocycles. The highest BCUT2D eigenvalue weighted by Gasteiger charge is 2.39. The lowest BCUT2D eigenvalue weighted by molar-refractivity contribution is 0.145. The summed E-state index contributed by atoms with van der Waals surface area (Å²) in [6, 6.07) is 7.36. The Labute approximate surface area is 118 Å². The Morgan fingerprint density at radius 1 is 1.00 bits per heavy atom. The van der Waals surface area contributed by atoms with E-state index in [1.54, 1.807) is 11.1 Å². The molecule has 0 bridgehead atoms. The first-order chi connectivity index (χ1) is 9.08. The zero-order valence-corrected chi connectivity index (χ0v) is 12.9. The minimum Gasteiger partial charge on any atom is -0.0622 e. The van der Waals surface area contributed by atoms with Crippen molar-refractivity contribution in [2.75, 3.05) is 0 Å². The van der Waals surface area contributed by atoms with Gasteiger partial charge in [-0.05, 0) is 65.5 Å². The van der Waals surface area contributed by atoms with E-state index in [1.165, 1.54) is 31.2 Å². The van der Waals surface area contributed by atoms with Crippen molar-refractivity contribution in [2.24, 2.45) is 17.8 Å². The van der Waals surface area contributed by atoms with Gasteiger partial charge >= 0.3 is 0 Å². The van der Waals surface area contributed by atoms with E-state index in [4.69, 9.17) is 0 Å². The van der Waals surface area contributed by atoms with Crippen LogP contribution in [0.1, 0.15) is 75.5 Å². The van der Waals surface area contributed by atoms with Gasteiger partial charge in [0.05, 0.1) is 0 Å². The van der Waals surface area contributed by atoms with Gasteiger partial charge in [0.2, 0.25) is 0 Å². The number of rotatable bonds is 1. The first-order valence-corrected chi connectivity index (χ1v) is 8.20. The molecule has 0 spiro atoms. The Morgan fingerprint density at radius 3 is 2.47 bits per heavy atom. The third-order valence-corrected chi connectivity index (χ3v) is 5.82. The molecule has 2 unspecified atom stereocenters. The molecule has 1 aromatic carbocycles. The maximum atomic E-state index is 2.50. The van der Waals surface area contributed by atoms with Crippen molar-refractivity contribution in [3.63, 3.8) is 0 Å². The third-order valence-electron chi connectivity index (χ3n) is 5.82. The van der Waals surface area contributed by atoms with Crippen molar-refractivity contribution in [1.29, 1.82) is 0 Å². The van der Waals surface area contributed by atoms with Crippen LogP contribution < -0.4 is 0 Å². The molecule has 104 valence electrons. The highest BCUT2D eigenvalue weighted by atomic mass is 14.4. The van der Waals surface area contributed by atoms with Crippen molar-refractivity contribution >= 4 is 0 Å². The number of benzene rings is 1. The summed E-state index contributed by atoms with van der Waals surface area (Å²) >= 11 is 0. The fraction of sp³-hybridized carbons (Fsp3) is 0.684. The van der Waals surface area contributed by atoms with Crippen LogP contribution in [0, 0.1) is 17.8 Å². The van der Waals surface area contributed by atoms with E-state index in [2.05, 4.69) is 45.9 Å². The van der Waals surface area contributed by atoms with Crippen molar-refractivity contribution in [1.82, 2.24) is 0 Å². The van der Waals surface area contributed by atoms with Crippen molar-refractivity contribution in [3.05, 3.63) is 34.9 Å².